The average Bonchev–Trinajstić information content (AvgIpc) is 3.02. The predicted octanol–water partition coefficient (Wildman–Crippen LogP) is 2.40. The summed E-state index contributed by atoms with van der Waals surface area (Å²) in [6, 6.07) is 7.18. The number of nitroso groups, excluding NO2 is 1. The van der Waals surface area contributed by atoms with E-state index in [4.69, 9.17) is 0 Å². The lowest BCUT2D eigenvalue weighted by Crippen LogP contribution is -2.12. The van der Waals surface area contributed by atoms with Crippen LogP contribution in [0.3, 0.4) is 0 Å². The zero-order valence-corrected chi connectivity index (χ0v) is 7.89. The van der Waals surface area contributed by atoms with E-state index in [0.717, 1.165) is 18.4 Å². The van der Waals surface area contributed by atoms with Gasteiger partial charge < -0.3 is 5.11 Å². The molecule has 0 aliphatic heterocycles. The molecule has 3 heteroatoms. The van der Waals surface area contributed by atoms with Crippen LogP contribution in [0.15, 0.2) is 29.4 Å². The largest absolute Gasteiger partial charge is 0.392 e. The zero-order chi connectivity index (χ0) is 9.97. The molecule has 1 unspecified atom stereocenters. The summed E-state index contributed by atoms with van der Waals surface area (Å²) in [6.07, 6.45) is 2.46. The molecule has 3 nitrogen and oxygen atoms in total. The lowest BCUT2D eigenvalue weighted by atomic mass is 10.0. The van der Waals surface area contributed by atoms with E-state index in [2.05, 4.69) is 5.18 Å². The van der Waals surface area contributed by atoms with Crippen molar-refractivity contribution in [3.8, 4) is 0 Å². The Morgan fingerprint density at radius 1 is 1.43 bits per heavy atom. The predicted molar refractivity (Wildman–Crippen MR) is 54.3 cm³/mol. The Morgan fingerprint density at radius 3 is 2.79 bits per heavy atom. The van der Waals surface area contributed by atoms with Crippen molar-refractivity contribution in [1.29, 1.82) is 0 Å². The van der Waals surface area contributed by atoms with Crippen molar-refractivity contribution < 1.29 is 5.11 Å². The first-order valence-electron chi connectivity index (χ1n) is 4.90. The number of aliphatic hydroxyl groups is 1. The molecule has 1 atom stereocenters. The lowest BCUT2D eigenvalue weighted by molar-refractivity contribution is 0.152. The van der Waals surface area contributed by atoms with E-state index in [-0.39, 0.29) is 6.10 Å². The third-order valence-electron chi connectivity index (χ3n) is 2.69. The molecule has 0 aromatic heterocycles. The maximum atomic E-state index is 10.5. The smallest absolute Gasteiger partial charge is 0.111 e. The molecule has 1 aliphatic rings. The first-order valence-corrected chi connectivity index (χ1v) is 4.90. The average molecular weight is 191 g/mol. The molecule has 1 fully saturated rings. The first kappa shape index (κ1) is 9.34. The monoisotopic (exact) mass is 191 g/mol. The molecule has 1 aromatic rings. The molecule has 1 N–H and O–H groups in total. The molecule has 0 bridgehead atoms. The van der Waals surface area contributed by atoms with Gasteiger partial charge in [0.15, 0.2) is 0 Å². The molecular formula is C11H13NO2. The fraction of sp³-hybridized carbons (Fsp3) is 0.455. The van der Waals surface area contributed by atoms with Gasteiger partial charge in [0.2, 0.25) is 0 Å². The Bertz CT molecular complexity index is 334. The van der Waals surface area contributed by atoms with E-state index >= 15 is 0 Å². The topological polar surface area (TPSA) is 49.7 Å². The van der Waals surface area contributed by atoms with Crippen molar-refractivity contribution >= 4 is 5.69 Å². The van der Waals surface area contributed by atoms with Crippen molar-refractivity contribution in [3.63, 3.8) is 0 Å². The molecule has 0 amide bonds. The van der Waals surface area contributed by atoms with Crippen molar-refractivity contribution in [2.45, 2.75) is 25.4 Å². The Labute approximate surface area is 82.7 Å². The van der Waals surface area contributed by atoms with Crippen molar-refractivity contribution in [2.24, 2.45) is 11.1 Å². The van der Waals surface area contributed by atoms with Gasteiger partial charge in [-0.05, 0) is 35.6 Å². The van der Waals surface area contributed by atoms with E-state index in [9.17, 15) is 10.0 Å². The van der Waals surface area contributed by atoms with Crippen LogP contribution in [-0.2, 0) is 6.42 Å². The van der Waals surface area contributed by atoms with Crippen LogP contribution in [0.25, 0.3) is 0 Å². The fourth-order valence-corrected chi connectivity index (χ4v) is 1.65. The van der Waals surface area contributed by atoms with E-state index in [1.807, 2.05) is 12.1 Å². The Kier molecular flexibility index (Phi) is 2.59. The summed E-state index contributed by atoms with van der Waals surface area (Å²) in [5.74, 6) is 0.440. The molecule has 1 aromatic carbocycles. The molecule has 0 heterocycles. The fourth-order valence-electron chi connectivity index (χ4n) is 1.65. The molecule has 2 rings (SSSR count). The molecule has 0 spiro atoms. The van der Waals surface area contributed by atoms with Gasteiger partial charge in [0.1, 0.15) is 5.69 Å². The van der Waals surface area contributed by atoms with E-state index in [1.54, 1.807) is 12.1 Å². The van der Waals surface area contributed by atoms with Crippen LogP contribution in [0.2, 0.25) is 0 Å². The number of aliphatic hydroxyl groups excluding tert-OH is 1. The van der Waals surface area contributed by atoms with Crippen LogP contribution in [0, 0.1) is 10.8 Å². The number of hydrogen-bond acceptors (Lipinski definition) is 3. The lowest BCUT2D eigenvalue weighted by Gasteiger charge is -2.09. The molecule has 0 radical (unpaired) electrons. The number of hydrogen-bond donors (Lipinski definition) is 1. The highest BCUT2D eigenvalue weighted by Gasteiger charge is 2.29. The second kappa shape index (κ2) is 3.88. The van der Waals surface area contributed by atoms with Crippen LogP contribution in [-0.4, -0.2) is 11.2 Å². The summed E-state index contributed by atoms with van der Waals surface area (Å²) in [5.41, 5.74) is 1.30. The van der Waals surface area contributed by atoms with Gasteiger partial charge in [0.05, 0.1) is 6.10 Å². The number of rotatable bonds is 4. The van der Waals surface area contributed by atoms with Gasteiger partial charge >= 0.3 is 0 Å². The standard InChI is InChI=1S/C11H13NO2/c13-11(8-5-6-8)7-9-3-1-2-4-10(9)12-14/h1-4,8,11,13H,5-7H2. The van der Waals surface area contributed by atoms with Crippen LogP contribution in [0.1, 0.15) is 18.4 Å². The summed E-state index contributed by atoms with van der Waals surface area (Å²) in [4.78, 5) is 10.5. The summed E-state index contributed by atoms with van der Waals surface area (Å²) in [7, 11) is 0. The summed E-state index contributed by atoms with van der Waals surface area (Å²) in [5, 5.41) is 12.7. The summed E-state index contributed by atoms with van der Waals surface area (Å²) < 4.78 is 0. The van der Waals surface area contributed by atoms with E-state index in [1.165, 1.54) is 0 Å². The van der Waals surface area contributed by atoms with Crippen LogP contribution < -0.4 is 0 Å². The Balaban J connectivity index is 2.10. The van der Waals surface area contributed by atoms with Crippen LogP contribution >= 0.6 is 0 Å². The van der Waals surface area contributed by atoms with Gasteiger partial charge in [0, 0.05) is 6.42 Å². The van der Waals surface area contributed by atoms with Crippen molar-refractivity contribution in [1.82, 2.24) is 0 Å². The van der Waals surface area contributed by atoms with Gasteiger partial charge in [-0.3, -0.25) is 0 Å². The van der Waals surface area contributed by atoms with E-state index in [0.29, 0.717) is 18.0 Å². The highest BCUT2D eigenvalue weighted by Crippen LogP contribution is 2.35. The van der Waals surface area contributed by atoms with E-state index < -0.39 is 0 Å². The zero-order valence-electron chi connectivity index (χ0n) is 7.89. The normalized spacial score (nSPS) is 17.8. The molecule has 1 aliphatic carbocycles. The van der Waals surface area contributed by atoms with Crippen LogP contribution in [0.4, 0.5) is 5.69 Å². The maximum absolute atomic E-state index is 10.5. The molecular weight excluding hydrogens is 178 g/mol. The maximum Gasteiger partial charge on any atom is 0.111 e. The highest BCUT2D eigenvalue weighted by molar-refractivity contribution is 5.45. The molecule has 74 valence electrons. The minimum atomic E-state index is -0.308. The quantitative estimate of drug-likeness (QED) is 0.743. The highest BCUT2D eigenvalue weighted by atomic mass is 16.3. The molecule has 0 saturated heterocycles. The third kappa shape index (κ3) is 1.99. The van der Waals surface area contributed by atoms with Crippen molar-refractivity contribution in [3.05, 3.63) is 34.7 Å². The first-order chi connectivity index (χ1) is 6.81. The summed E-state index contributed by atoms with van der Waals surface area (Å²) in [6.45, 7) is 0. The van der Waals surface area contributed by atoms with Gasteiger partial charge in [0.25, 0.3) is 0 Å². The SMILES string of the molecule is O=Nc1ccccc1CC(O)C1CC1. The second-order valence-corrected chi connectivity index (χ2v) is 3.83. The second-order valence-electron chi connectivity index (χ2n) is 3.83. The van der Waals surface area contributed by atoms with Gasteiger partial charge in [-0.15, -0.1) is 4.91 Å². The number of nitrogens with zero attached hydrogens (tertiary/aromatic N) is 1. The Morgan fingerprint density at radius 2 is 2.14 bits per heavy atom. The third-order valence-corrected chi connectivity index (χ3v) is 2.69. The summed E-state index contributed by atoms with van der Waals surface area (Å²) >= 11 is 0. The van der Waals surface area contributed by atoms with Crippen molar-refractivity contribution in [2.75, 3.05) is 0 Å². The molecule has 1 saturated carbocycles. The minimum absolute atomic E-state index is 0.308. The van der Waals surface area contributed by atoms with Gasteiger partial charge in [-0.1, -0.05) is 18.2 Å². The number of benzene rings is 1. The molecule has 14 heavy (non-hydrogen) atoms. The van der Waals surface area contributed by atoms with Gasteiger partial charge in [-0.25, -0.2) is 0 Å². The minimum Gasteiger partial charge on any atom is -0.392 e. The van der Waals surface area contributed by atoms with Gasteiger partial charge in [-0.2, -0.15) is 0 Å². The van der Waals surface area contributed by atoms with Crippen LogP contribution in [0.5, 0.6) is 0 Å². The Hall–Kier alpha value is -1.22.